The summed E-state index contributed by atoms with van der Waals surface area (Å²) in [7, 11) is -1.48. The highest BCUT2D eigenvalue weighted by Gasteiger charge is 2.39. The summed E-state index contributed by atoms with van der Waals surface area (Å²) in [5, 5.41) is 0. The van der Waals surface area contributed by atoms with E-state index in [0.29, 0.717) is 26.0 Å². The molecule has 2 aliphatic heterocycles. The van der Waals surface area contributed by atoms with Crippen LogP contribution in [0.3, 0.4) is 0 Å². The van der Waals surface area contributed by atoms with Crippen molar-refractivity contribution in [3.05, 3.63) is 34.3 Å². The predicted molar refractivity (Wildman–Crippen MR) is 102 cm³/mol. The fourth-order valence-electron chi connectivity index (χ4n) is 3.52. The number of amides is 1. The highest BCUT2D eigenvalue weighted by Crippen LogP contribution is 2.26. The number of halogens is 1. The molecule has 3 atom stereocenters. The molecule has 0 aromatic heterocycles. The molecule has 1 aromatic carbocycles. The summed E-state index contributed by atoms with van der Waals surface area (Å²) in [6, 6.07) is 7.36. The third-order valence-electron chi connectivity index (χ3n) is 4.94. The maximum Gasteiger partial charge on any atom is 0.241 e. The van der Waals surface area contributed by atoms with Crippen LogP contribution in [0.2, 0.25) is 0 Å². The number of benzene rings is 1. The molecule has 1 aromatic rings. The van der Waals surface area contributed by atoms with Crippen LogP contribution in [0.5, 0.6) is 0 Å². The maximum absolute atomic E-state index is 13.0. The predicted octanol–water partition coefficient (Wildman–Crippen LogP) is 1.02. The Hall–Kier alpha value is -1.00. The van der Waals surface area contributed by atoms with E-state index in [1.54, 1.807) is 12.0 Å². The van der Waals surface area contributed by atoms with Crippen molar-refractivity contribution in [3.8, 4) is 0 Å². The van der Waals surface area contributed by atoms with Crippen LogP contribution in [0.15, 0.2) is 28.7 Å². The number of carbonyl (C=O) groups excluding carboxylic acids is 1. The average molecular weight is 446 g/mol. The minimum atomic E-state index is -3.06. The molecular formula is C17H24BrN3O4S. The second-order valence-electron chi connectivity index (χ2n) is 6.76. The first-order valence-electron chi connectivity index (χ1n) is 8.66. The van der Waals surface area contributed by atoms with Crippen molar-refractivity contribution >= 4 is 31.7 Å². The maximum atomic E-state index is 13.0. The van der Waals surface area contributed by atoms with Crippen LogP contribution in [0, 0.1) is 0 Å². The molecule has 9 heteroatoms. The van der Waals surface area contributed by atoms with E-state index in [9.17, 15) is 13.2 Å². The van der Waals surface area contributed by atoms with Gasteiger partial charge in [-0.25, -0.2) is 19.3 Å². The van der Waals surface area contributed by atoms with E-state index in [-0.39, 0.29) is 35.5 Å². The lowest BCUT2D eigenvalue weighted by Crippen LogP contribution is -2.51. The van der Waals surface area contributed by atoms with Crippen LogP contribution in [-0.2, 0) is 19.4 Å². The molecule has 3 unspecified atom stereocenters. The number of nitrogens with one attached hydrogen (secondary N) is 2. The molecule has 144 valence electrons. The number of sulfone groups is 1. The van der Waals surface area contributed by atoms with E-state index >= 15 is 0 Å². The molecule has 0 radical (unpaired) electrons. The Kier molecular flexibility index (Phi) is 6.34. The molecule has 26 heavy (non-hydrogen) atoms. The Morgan fingerprint density at radius 2 is 2.04 bits per heavy atom. The number of ether oxygens (including phenoxy) is 1. The normalized spacial score (nSPS) is 27.5. The molecule has 2 fully saturated rings. The molecule has 0 bridgehead atoms. The third kappa shape index (κ3) is 4.64. The van der Waals surface area contributed by atoms with Gasteiger partial charge in [0.2, 0.25) is 5.91 Å². The summed E-state index contributed by atoms with van der Waals surface area (Å²) in [5.74, 6) is 0.113. The molecule has 2 saturated heterocycles. The standard InChI is InChI=1S/C17H24BrN3O4S/c1-25-8-7-21(14-6-9-26(23,24)11-14)17(22)16-10-15(19-20-16)12-2-4-13(18)5-3-12/h2-5,14-16,19-20H,6-11H2,1H3. The van der Waals surface area contributed by atoms with Crippen molar-refractivity contribution in [2.45, 2.75) is 31.0 Å². The average Bonchev–Trinajstić information content (AvgIpc) is 3.23. The largest absolute Gasteiger partial charge is 0.383 e. The van der Waals surface area contributed by atoms with Gasteiger partial charge in [0.05, 0.1) is 18.1 Å². The van der Waals surface area contributed by atoms with E-state index in [1.807, 2.05) is 24.3 Å². The molecule has 3 rings (SSSR count). The Balaban J connectivity index is 1.68. The Labute approximate surface area is 162 Å². The van der Waals surface area contributed by atoms with Crippen molar-refractivity contribution in [2.24, 2.45) is 0 Å². The summed E-state index contributed by atoms with van der Waals surface area (Å²) in [6.07, 6.45) is 1.11. The van der Waals surface area contributed by atoms with E-state index in [0.717, 1.165) is 10.0 Å². The fourth-order valence-corrected chi connectivity index (χ4v) is 5.51. The summed E-state index contributed by atoms with van der Waals surface area (Å²) in [6.45, 7) is 0.787. The number of rotatable bonds is 6. The minimum absolute atomic E-state index is 0.0358. The van der Waals surface area contributed by atoms with Crippen molar-refractivity contribution in [3.63, 3.8) is 0 Å². The number of nitrogens with zero attached hydrogens (tertiary/aromatic N) is 1. The zero-order chi connectivity index (χ0) is 18.7. The number of hydrazine groups is 1. The van der Waals surface area contributed by atoms with E-state index < -0.39 is 9.84 Å². The quantitative estimate of drug-likeness (QED) is 0.679. The number of methoxy groups -OCH3 is 1. The van der Waals surface area contributed by atoms with E-state index in [2.05, 4.69) is 26.8 Å². The summed E-state index contributed by atoms with van der Waals surface area (Å²) >= 11 is 3.42. The number of hydrogen-bond acceptors (Lipinski definition) is 6. The van der Waals surface area contributed by atoms with Crippen LogP contribution < -0.4 is 10.9 Å². The molecule has 1 amide bonds. The zero-order valence-corrected chi connectivity index (χ0v) is 17.1. The van der Waals surface area contributed by atoms with Gasteiger partial charge in [0, 0.05) is 30.2 Å². The van der Waals surface area contributed by atoms with Gasteiger partial charge in [-0.2, -0.15) is 0 Å². The monoisotopic (exact) mass is 445 g/mol. The SMILES string of the molecule is COCCN(C(=O)C1CC(c2ccc(Br)cc2)NN1)C1CCS(=O)(=O)C1. The van der Waals surface area contributed by atoms with Crippen molar-refractivity contribution < 1.29 is 17.9 Å². The zero-order valence-electron chi connectivity index (χ0n) is 14.7. The van der Waals surface area contributed by atoms with Crippen LogP contribution in [-0.4, -0.2) is 63.1 Å². The van der Waals surface area contributed by atoms with Gasteiger partial charge >= 0.3 is 0 Å². The van der Waals surface area contributed by atoms with Crippen molar-refractivity contribution in [1.82, 2.24) is 15.8 Å². The molecule has 2 heterocycles. The third-order valence-corrected chi connectivity index (χ3v) is 7.22. The highest BCUT2D eigenvalue weighted by atomic mass is 79.9. The molecule has 2 N–H and O–H groups in total. The first kappa shape index (κ1) is 19.8. The van der Waals surface area contributed by atoms with E-state index in [4.69, 9.17) is 4.74 Å². The van der Waals surface area contributed by atoms with Gasteiger partial charge in [0.1, 0.15) is 6.04 Å². The van der Waals surface area contributed by atoms with Gasteiger partial charge in [-0.15, -0.1) is 0 Å². The molecular weight excluding hydrogens is 422 g/mol. The molecule has 0 aliphatic carbocycles. The summed E-state index contributed by atoms with van der Waals surface area (Å²) in [5.41, 5.74) is 7.36. The lowest BCUT2D eigenvalue weighted by Gasteiger charge is -2.30. The Morgan fingerprint density at radius 1 is 1.31 bits per heavy atom. The number of carbonyl (C=O) groups is 1. The Morgan fingerprint density at radius 3 is 2.65 bits per heavy atom. The molecule has 2 aliphatic rings. The minimum Gasteiger partial charge on any atom is -0.383 e. The second kappa shape index (κ2) is 8.35. The van der Waals surface area contributed by atoms with Gasteiger partial charge in [-0.3, -0.25) is 4.79 Å². The van der Waals surface area contributed by atoms with Gasteiger partial charge in [-0.1, -0.05) is 28.1 Å². The van der Waals surface area contributed by atoms with Gasteiger partial charge in [0.25, 0.3) is 0 Å². The second-order valence-corrected chi connectivity index (χ2v) is 9.91. The van der Waals surface area contributed by atoms with Crippen LogP contribution in [0.4, 0.5) is 0 Å². The highest BCUT2D eigenvalue weighted by molar-refractivity contribution is 9.10. The molecule has 0 saturated carbocycles. The van der Waals surface area contributed by atoms with Gasteiger partial charge in [0.15, 0.2) is 9.84 Å². The first-order valence-corrected chi connectivity index (χ1v) is 11.3. The summed E-state index contributed by atoms with van der Waals surface area (Å²) in [4.78, 5) is 14.7. The molecule has 0 spiro atoms. The Bertz CT molecular complexity index is 741. The lowest BCUT2D eigenvalue weighted by molar-refractivity contribution is -0.135. The van der Waals surface area contributed by atoms with Crippen LogP contribution in [0.1, 0.15) is 24.4 Å². The van der Waals surface area contributed by atoms with Crippen molar-refractivity contribution in [2.75, 3.05) is 31.8 Å². The van der Waals surface area contributed by atoms with E-state index in [1.165, 1.54) is 0 Å². The van der Waals surface area contributed by atoms with Crippen LogP contribution in [0.25, 0.3) is 0 Å². The van der Waals surface area contributed by atoms with Gasteiger partial charge < -0.3 is 9.64 Å². The topological polar surface area (TPSA) is 87.7 Å². The molecule has 7 nitrogen and oxygen atoms in total. The number of hydrogen-bond donors (Lipinski definition) is 2. The fraction of sp³-hybridized carbons (Fsp3) is 0.588. The smallest absolute Gasteiger partial charge is 0.241 e. The van der Waals surface area contributed by atoms with Crippen molar-refractivity contribution in [1.29, 1.82) is 0 Å². The summed E-state index contributed by atoms with van der Waals surface area (Å²) < 4.78 is 29.8. The first-order chi connectivity index (χ1) is 12.4. The van der Waals surface area contributed by atoms with Crippen LogP contribution >= 0.6 is 15.9 Å². The lowest BCUT2D eigenvalue weighted by atomic mass is 10.0. The van der Waals surface area contributed by atoms with Gasteiger partial charge in [-0.05, 0) is 30.5 Å².